The van der Waals surface area contributed by atoms with Crippen LogP contribution in [-0.4, -0.2) is 63.8 Å². The largest absolute Gasteiger partial charge is 0.355 e. The first-order chi connectivity index (χ1) is 11.8. The third kappa shape index (κ3) is 5.44. The number of nitrogens with one attached hydrogen (secondary N) is 2. The number of guanidine groups is 1. The number of hydrogen-bond acceptors (Lipinski definition) is 4. The van der Waals surface area contributed by atoms with Gasteiger partial charge in [0.05, 0.1) is 10.6 Å². The van der Waals surface area contributed by atoms with E-state index in [4.69, 9.17) is 0 Å². The Bertz CT molecular complexity index is 674. The lowest BCUT2D eigenvalue weighted by molar-refractivity contribution is 0.265. The van der Waals surface area contributed by atoms with E-state index in [-0.39, 0.29) is 5.75 Å². The molecule has 0 bridgehead atoms. The molecule has 140 valence electrons. The summed E-state index contributed by atoms with van der Waals surface area (Å²) < 4.78 is 24.6. The second kappa shape index (κ2) is 8.67. The highest BCUT2D eigenvalue weighted by molar-refractivity contribution is 7.91. The zero-order valence-corrected chi connectivity index (χ0v) is 16.4. The van der Waals surface area contributed by atoms with Crippen molar-refractivity contribution in [1.29, 1.82) is 0 Å². The van der Waals surface area contributed by atoms with E-state index in [1.54, 1.807) is 31.3 Å². The van der Waals surface area contributed by atoms with Crippen molar-refractivity contribution in [3.63, 3.8) is 0 Å². The summed E-state index contributed by atoms with van der Waals surface area (Å²) in [7, 11) is -1.57. The summed E-state index contributed by atoms with van der Waals surface area (Å²) in [6.45, 7) is 9.00. The minimum absolute atomic E-state index is 0.0378. The Kier molecular flexibility index (Phi) is 6.84. The lowest BCUT2D eigenvalue weighted by atomic mass is 10.1. The molecule has 1 aliphatic rings. The highest BCUT2D eigenvalue weighted by Crippen LogP contribution is 2.18. The van der Waals surface area contributed by atoms with Crippen LogP contribution in [0.1, 0.15) is 20.8 Å². The molecule has 1 heterocycles. The number of sulfone groups is 1. The van der Waals surface area contributed by atoms with E-state index in [1.165, 1.54) is 0 Å². The van der Waals surface area contributed by atoms with Gasteiger partial charge in [0, 0.05) is 38.8 Å². The second-order valence-corrected chi connectivity index (χ2v) is 9.02. The molecule has 7 heteroatoms. The van der Waals surface area contributed by atoms with Crippen LogP contribution in [0.3, 0.4) is 0 Å². The fraction of sp³-hybridized carbons (Fsp3) is 0.611. The lowest BCUT2D eigenvalue weighted by Gasteiger charge is -2.22. The van der Waals surface area contributed by atoms with Gasteiger partial charge in [-0.15, -0.1) is 0 Å². The van der Waals surface area contributed by atoms with Gasteiger partial charge in [0.2, 0.25) is 0 Å². The van der Waals surface area contributed by atoms with Crippen LogP contribution in [0.2, 0.25) is 0 Å². The van der Waals surface area contributed by atoms with Crippen LogP contribution < -0.4 is 10.6 Å². The minimum Gasteiger partial charge on any atom is -0.355 e. The Morgan fingerprint density at radius 2 is 1.96 bits per heavy atom. The van der Waals surface area contributed by atoms with Gasteiger partial charge in [-0.05, 0) is 31.9 Å². The summed E-state index contributed by atoms with van der Waals surface area (Å²) in [5.74, 6) is 1.22. The number of hydrogen-bond donors (Lipinski definition) is 2. The highest BCUT2D eigenvalue weighted by atomic mass is 32.2. The third-order valence-electron chi connectivity index (χ3n) is 4.68. The highest BCUT2D eigenvalue weighted by Gasteiger charge is 2.31. The first-order valence-corrected chi connectivity index (χ1v) is 10.5. The van der Waals surface area contributed by atoms with Gasteiger partial charge in [-0.3, -0.25) is 9.89 Å². The molecule has 0 aromatic heterocycles. The van der Waals surface area contributed by atoms with E-state index in [2.05, 4.69) is 41.3 Å². The molecule has 25 heavy (non-hydrogen) atoms. The summed E-state index contributed by atoms with van der Waals surface area (Å²) in [5, 5.41) is 6.56. The van der Waals surface area contributed by atoms with Crippen LogP contribution in [0.15, 0.2) is 40.2 Å². The van der Waals surface area contributed by atoms with E-state index < -0.39 is 9.84 Å². The van der Waals surface area contributed by atoms with Crippen molar-refractivity contribution in [3.05, 3.63) is 30.3 Å². The maximum atomic E-state index is 12.3. The number of aliphatic imine (C=N–C) groups is 1. The Morgan fingerprint density at radius 1 is 1.28 bits per heavy atom. The fourth-order valence-corrected chi connectivity index (χ4v) is 4.21. The predicted octanol–water partition coefficient (Wildman–Crippen LogP) is 1.35. The number of rotatable bonds is 6. The van der Waals surface area contributed by atoms with Gasteiger partial charge < -0.3 is 10.6 Å². The Morgan fingerprint density at radius 3 is 2.52 bits per heavy atom. The zero-order chi connectivity index (χ0) is 18.4. The van der Waals surface area contributed by atoms with Crippen LogP contribution >= 0.6 is 0 Å². The van der Waals surface area contributed by atoms with E-state index in [0.717, 1.165) is 13.1 Å². The van der Waals surface area contributed by atoms with Crippen LogP contribution in [0.5, 0.6) is 0 Å². The van der Waals surface area contributed by atoms with Gasteiger partial charge in [-0.1, -0.05) is 25.1 Å². The van der Waals surface area contributed by atoms with Crippen molar-refractivity contribution in [2.45, 2.75) is 37.8 Å². The maximum Gasteiger partial charge on any atom is 0.191 e. The Balaban J connectivity index is 1.85. The molecule has 0 spiro atoms. The van der Waals surface area contributed by atoms with E-state index in [1.807, 2.05) is 6.07 Å². The Hall–Kier alpha value is -1.60. The molecule has 1 fully saturated rings. The average molecular weight is 367 g/mol. The van der Waals surface area contributed by atoms with Gasteiger partial charge in [0.15, 0.2) is 15.8 Å². The second-order valence-electron chi connectivity index (χ2n) is 6.91. The standard InChI is InChI=1S/C18H30N4O2S/c1-14(2)22-12-15(3)17(13-22)21-18(19-4)20-10-11-25(23,24)16-8-6-5-7-9-16/h5-9,14-15,17H,10-13H2,1-4H3,(H2,19,20,21). The van der Waals surface area contributed by atoms with Crippen LogP contribution in [0.25, 0.3) is 0 Å². The van der Waals surface area contributed by atoms with E-state index in [9.17, 15) is 8.42 Å². The van der Waals surface area contributed by atoms with Crippen molar-refractivity contribution >= 4 is 15.8 Å². The lowest BCUT2D eigenvalue weighted by Crippen LogP contribution is -2.47. The molecule has 0 radical (unpaired) electrons. The van der Waals surface area contributed by atoms with Crippen LogP contribution in [0, 0.1) is 5.92 Å². The summed E-state index contributed by atoms with van der Waals surface area (Å²) in [6, 6.07) is 9.39. The van der Waals surface area contributed by atoms with Gasteiger partial charge in [-0.25, -0.2) is 8.42 Å². The molecule has 2 unspecified atom stereocenters. The van der Waals surface area contributed by atoms with Gasteiger partial charge in [0.25, 0.3) is 0 Å². The number of benzene rings is 1. The summed E-state index contributed by atoms with van der Waals surface area (Å²) in [4.78, 5) is 7.03. The SMILES string of the molecule is CN=C(NCCS(=O)(=O)c1ccccc1)NC1CN(C(C)C)CC1C. The molecule has 2 N–H and O–H groups in total. The molecule has 1 aromatic rings. The first-order valence-electron chi connectivity index (χ1n) is 8.82. The summed E-state index contributed by atoms with van der Waals surface area (Å²) in [6.07, 6.45) is 0. The molecule has 1 aromatic carbocycles. The zero-order valence-electron chi connectivity index (χ0n) is 15.6. The van der Waals surface area contributed by atoms with Crippen molar-refractivity contribution in [2.75, 3.05) is 32.4 Å². The quantitative estimate of drug-likeness (QED) is 0.587. The topological polar surface area (TPSA) is 73.8 Å². The number of likely N-dealkylation sites (tertiary alicyclic amines) is 1. The summed E-state index contributed by atoms with van der Waals surface area (Å²) >= 11 is 0. The van der Waals surface area contributed by atoms with Crippen LogP contribution in [-0.2, 0) is 9.84 Å². The normalized spacial score (nSPS) is 22.4. The first kappa shape index (κ1) is 19.7. The minimum atomic E-state index is -3.28. The molecule has 6 nitrogen and oxygen atoms in total. The molecular formula is C18H30N4O2S. The van der Waals surface area contributed by atoms with Gasteiger partial charge in [0.1, 0.15) is 0 Å². The van der Waals surface area contributed by atoms with Crippen LogP contribution in [0.4, 0.5) is 0 Å². The van der Waals surface area contributed by atoms with Crippen molar-refractivity contribution in [3.8, 4) is 0 Å². The Labute approximate surface area is 151 Å². The molecule has 0 saturated carbocycles. The molecule has 0 amide bonds. The fourth-order valence-electron chi connectivity index (χ4n) is 3.03. The number of nitrogens with zero attached hydrogens (tertiary/aromatic N) is 2. The van der Waals surface area contributed by atoms with Gasteiger partial charge >= 0.3 is 0 Å². The summed E-state index contributed by atoms with van der Waals surface area (Å²) in [5.41, 5.74) is 0. The molecule has 2 rings (SSSR count). The monoisotopic (exact) mass is 366 g/mol. The maximum absolute atomic E-state index is 12.3. The van der Waals surface area contributed by atoms with Crippen molar-refractivity contribution in [1.82, 2.24) is 15.5 Å². The third-order valence-corrected chi connectivity index (χ3v) is 6.41. The molecule has 1 saturated heterocycles. The predicted molar refractivity (Wildman–Crippen MR) is 103 cm³/mol. The van der Waals surface area contributed by atoms with Gasteiger partial charge in [-0.2, -0.15) is 0 Å². The molecule has 2 atom stereocenters. The van der Waals surface area contributed by atoms with Crippen molar-refractivity contribution < 1.29 is 8.42 Å². The van der Waals surface area contributed by atoms with E-state index >= 15 is 0 Å². The average Bonchev–Trinajstić information content (AvgIpc) is 2.95. The van der Waals surface area contributed by atoms with E-state index in [0.29, 0.717) is 35.4 Å². The van der Waals surface area contributed by atoms with Crippen molar-refractivity contribution in [2.24, 2.45) is 10.9 Å². The smallest absolute Gasteiger partial charge is 0.191 e. The molecule has 0 aliphatic carbocycles. The molecule has 1 aliphatic heterocycles. The molecular weight excluding hydrogens is 336 g/mol.